The largest absolute Gasteiger partial charge is 0.331 e. The van der Waals surface area contributed by atoms with Crippen LogP contribution < -0.4 is 10.6 Å². The van der Waals surface area contributed by atoms with Crippen LogP contribution in [0.5, 0.6) is 0 Å². The lowest BCUT2D eigenvalue weighted by molar-refractivity contribution is 0.249. The van der Waals surface area contributed by atoms with Gasteiger partial charge in [-0.3, -0.25) is 10.00 Å². The summed E-state index contributed by atoms with van der Waals surface area (Å²) in [5.74, 6) is -0.611. The highest BCUT2D eigenvalue weighted by Crippen LogP contribution is 2.18. The summed E-state index contributed by atoms with van der Waals surface area (Å²) >= 11 is 0. The average Bonchev–Trinajstić information content (AvgIpc) is 2.70. The molecule has 0 bridgehead atoms. The van der Waals surface area contributed by atoms with Crippen LogP contribution in [0.15, 0.2) is 24.3 Å². The smallest absolute Gasteiger partial charge is 0.320 e. The summed E-state index contributed by atoms with van der Waals surface area (Å²) < 4.78 is 28.3. The first-order valence-corrected chi connectivity index (χ1v) is 6.40. The minimum absolute atomic E-state index is 0.0892. The number of aryl methyl sites for hydroxylation is 2. The summed E-state index contributed by atoms with van der Waals surface area (Å²) in [4.78, 5) is 11.9. The summed E-state index contributed by atoms with van der Waals surface area (Å²) in [7, 11) is 1.69. The van der Waals surface area contributed by atoms with Gasteiger partial charge in [0.2, 0.25) is 0 Å². The molecule has 5 nitrogen and oxygen atoms in total. The van der Waals surface area contributed by atoms with Crippen LogP contribution in [0.4, 0.5) is 19.4 Å². The van der Waals surface area contributed by atoms with Crippen molar-refractivity contribution in [1.29, 1.82) is 0 Å². The molecule has 0 spiro atoms. The van der Waals surface area contributed by atoms with E-state index in [9.17, 15) is 13.6 Å². The maximum Gasteiger partial charge on any atom is 0.320 e. The van der Waals surface area contributed by atoms with E-state index in [2.05, 4.69) is 15.7 Å². The first-order chi connectivity index (χ1) is 9.86. The molecule has 0 aliphatic rings. The van der Waals surface area contributed by atoms with E-state index in [0.717, 1.165) is 23.9 Å². The quantitative estimate of drug-likeness (QED) is 0.914. The van der Waals surface area contributed by atoms with E-state index in [1.165, 1.54) is 4.68 Å². The number of amides is 2. The zero-order valence-electron chi connectivity index (χ0n) is 11.9. The Morgan fingerprint density at radius 2 is 2.05 bits per heavy atom. The molecule has 2 N–H and O–H groups in total. The molecule has 1 heterocycles. The maximum atomic E-state index is 13.6. The molecule has 21 heavy (non-hydrogen) atoms. The Morgan fingerprint density at radius 3 is 2.67 bits per heavy atom. The molecule has 112 valence electrons. The van der Waals surface area contributed by atoms with Crippen LogP contribution in [0.1, 0.15) is 24.2 Å². The van der Waals surface area contributed by atoms with Gasteiger partial charge < -0.3 is 5.32 Å². The van der Waals surface area contributed by atoms with Gasteiger partial charge in [0.15, 0.2) is 0 Å². The molecule has 2 aromatic rings. The number of benzene rings is 1. The van der Waals surface area contributed by atoms with Gasteiger partial charge in [-0.15, -0.1) is 0 Å². The summed E-state index contributed by atoms with van der Waals surface area (Å²) in [5, 5.41) is 9.24. The minimum atomic E-state index is -0.671. The Kier molecular flexibility index (Phi) is 4.21. The van der Waals surface area contributed by atoms with Crippen LogP contribution in [0.3, 0.4) is 0 Å². The summed E-state index contributed by atoms with van der Waals surface area (Å²) in [6.07, 6.45) is 0. The number of halogens is 2. The molecule has 1 aromatic heterocycles. The number of hydrogen-bond donors (Lipinski definition) is 2. The Morgan fingerprint density at radius 1 is 1.33 bits per heavy atom. The van der Waals surface area contributed by atoms with Crippen molar-refractivity contribution in [3.05, 3.63) is 47.2 Å². The van der Waals surface area contributed by atoms with Crippen molar-refractivity contribution < 1.29 is 13.6 Å². The Bertz CT molecular complexity index is 669. The van der Waals surface area contributed by atoms with E-state index in [4.69, 9.17) is 0 Å². The molecule has 0 radical (unpaired) electrons. The van der Waals surface area contributed by atoms with Gasteiger partial charge in [-0.2, -0.15) is 5.10 Å². The van der Waals surface area contributed by atoms with Crippen molar-refractivity contribution in [3.63, 3.8) is 0 Å². The van der Waals surface area contributed by atoms with E-state index >= 15 is 0 Å². The van der Waals surface area contributed by atoms with Crippen molar-refractivity contribution in [2.45, 2.75) is 19.9 Å². The van der Waals surface area contributed by atoms with Crippen LogP contribution in [-0.2, 0) is 7.05 Å². The topological polar surface area (TPSA) is 59.0 Å². The number of aromatic nitrogens is 2. The van der Waals surface area contributed by atoms with E-state index in [-0.39, 0.29) is 5.56 Å². The fourth-order valence-corrected chi connectivity index (χ4v) is 2.00. The number of anilines is 1. The summed E-state index contributed by atoms with van der Waals surface area (Å²) in [6.45, 7) is 3.37. The normalized spacial score (nSPS) is 12.0. The molecule has 2 rings (SSSR count). The third-order valence-corrected chi connectivity index (χ3v) is 3.02. The molecule has 0 unspecified atom stereocenters. The molecular weight excluding hydrogens is 278 g/mol. The van der Waals surface area contributed by atoms with E-state index in [0.29, 0.717) is 5.82 Å². The number of urea groups is 1. The number of hydrogen-bond acceptors (Lipinski definition) is 2. The number of carbonyl (C=O) groups excluding carboxylic acids is 1. The van der Waals surface area contributed by atoms with E-state index in [1.54, 1.807) is 27.0 Å². The zero-order chi connectivity index (χ0) is 15.6. The standard InChI is InChI=1S/C14H16F2N4O/c1-8-6-13(20(3)19-8)18-14(21)17-9(2)11-7-10(15)4-5-12(11)16/h4-7,9H,1-3H3,(H2,17,18,21)/t9-/m1/s1. The van der Waals surface area contributed by atoms with E-state index < -0.39 is 23.7 Å². The molecule has 2 amide bonds. The average molecular weight is 294 g/mol. The predicted octanol–water partition coefficient (Wildman–Crippen LogP) is 2.89. The number of nitrogens with zero attached hydrogens (tertiary/aromatic N) is 2. The monoisotopic (exact) mass is 294 g/mol. The van der Waals surface area contributed by atoms with Crippen molar-refractivity contribution in [3.8, 4) is 0 Å². The zero-order valence-corrected chi connectivity index (χ0v) is 11.9. The fraction of sp³-hybridized carbons (Fsp3) is 0.286. The van der Waals surface area contributed by atoms with E-state index in [1.807, 2.05) is 0 Å². The lowest BCUT2D eigenvalue weighted by Crippen LogP contribution is -2.32. The third kappa shape index (κ3) is 3.56. The van der Waals surface area contributed by atoms with Gasteiger partial charge in [0.05, 0.1) is 11.7 Å². The maximum absolute atomic E-state index is 13.6. The second kappa shape index (κ2) is 5.90. The lowest BCUT2D eigenvalue weighted by Gasteiger charge is -2.15. The first kappa shape index (κ1) is 15.0. The lowest BCUT2D eigenvalue weighted by atomic mass is 10.1. The number of carbonyl (C=O) groups is 1. The molecule has 1 aromatic carbocycles. The molecule has 1 atom stereocenters. The minimum Gasteiger partial charge on any atom is -0.331 e. The second-order valence-corrected chi connectivity index (χ2v) is 4.78. The van der Waals surface area contributed by atoms with Gasteiger partial charge in [-0.1, -0.05) is 0 Å². The van der Waals surface area contributed by atoms with Gasteiger partial charge in [-0.25, -0.2) is 13.6 Å². The Balaban J connectivity index is 2.05. The van der Waals surface area contributed by atoms with Crippen LogP contribution >= 0.6 is 0 Å². The molecule has 0 saturated carbocycles. The fourth-order valence-electron chi connectivity index (χ4n) is 2.00. The first-order valence-electron chi connectivity index (χ1n) is 6.40. The van der Waals surface area contributed by atoms with Gasteiger partial charge in [0.1, 0.15) is 17.5 Å². The highest BCUT2D eigenvalue weighted by atomic mass is 19.1. The number of rotatable bonds is 3. The SMILES string of the molecule is Cc1cc(NC(=O)N[C@H](C)c2cc(F)ccc2F)n(C)n1. The van der Waals surface area contributed by atoms with Crippen molar-refractivity contribution in [1.82, 2.24) is 15.1 Å². The predicted molar refractivity (Wildman–Crippen MR) is 74.9 cm³/mol. The summed E-state index contributed by atoms with van der Waals surface area (Å²) in [6, 6.07) is 3.64. The Hall–Kier alpha value is -2.44. The summed E-state index contributed by atoms with van der Waals surface area (Å²) in [5.41, 5.74) is 0.850. The molecule has 7 heteroatoms. The molecule has 0 saturated heterocycles. The molecule has 0 aliphatic carbocycles. The van der Waals surface area contributed by atoms with Crippen LogP contribution in [0.25, 0.3) is 0 Å². The van der Waals surface area contributed by atoms with Crippen LogP contribution in [0.2, 0.25) is 0 Å². The highest BCUT2D eigenvalue weighted by Gasteiger charge is 2.15. The van der Waals surface area contributed by atoms with Gasteiger partial charge >= 0.3 is 6.03 Å². The van der Waals surface area contributed by atoms with Crippen molar-refractivity contribution in [2.75, 3.05) is 5.32 Å². The van der Waals surface area contributed by atoms with Crippen molar-refractivity contribution in [2.24, 2.45) is 7.05 Å². The highest BCUT2D eigenvalue weighted by molar-refractivity contribution is 5.88. The molecule has 0 fully saturated rings. The third-order valence-electron chi connectivity index (χ3n) is 3.02. The van der Waals surface area contributed by atoms with Crippen LogP contribution in [0, 0.1) is 18.6 Å². The molecule has 0 aliphatic heterocycles. The number of nitrogens with one attached hydrogen (secondary N) is 2. The van der Waals surface area contributed by atoms with Gasteiger partial charge in [0.25, 0.3) is 0 Å². The molecular formula is C14H16F2N4O. The van der Waals surface area contributed by atoms with Gasteiger partial charge in [-0.05, 0) is 32.0 Å². The van der Waals surface area contributed by atoms with Crippen molar-refractivity contribution >= 4 is 11.8 Å². The van der Waals surface area contributed by atoms with Gasteiger partial charge in [0, 0.05) is 18.7 Å². The second-order valence-electron chi connectivity index (χ2n) is 4.78. The van der Waals surface area contributed by atoms with Crippen LogP contribution in [-0.4, -0.2) is 15.8 Å². The Labute approximate surface area is 121 Å².